The summed E-state index contributed by atoms with van der Waals surface area (Å²) in [6.07, 6.45) is 1.62. The number of H-pyrrole nitrogens is 1. The average molecular weight is 296 g/mol. The van der Waals surface area contributed by atoms with E-state index in [0.717, 1.165) is 17.0 Å². The van der Waals surface area contributed by atoms with Crippen LogP contribution in [-0.4, -0.2) is 30.9 Å². The maximum atomic E-state index is 12.2. The molecule has 3 aromatic heterocycles. The van der Waals surface area contributed by atoms with Crippen LogP contribution in [-0.2, 0) is 7.05 Å². The zero-order chi connectivity index (χ0) is 15.7. The van der Waals surface area contributed by atoms with Crippen LogP contribution in [0.2, 0.25) is 0 Å². The summed E-state index contributed by atoms with van der Waals surface area (Å²) in [4.78, 5) is 16.3. The number of rotatable bonds is 3. The number of carbonyl (C=O) groups excluding carboxylic acids is 1. The number of anilines is 1. The molecule has 0 saturated carbocycles. The molecule has 7 nitrogen and oxygen atoms in total. The number of hydrogen-bond donors (Lipinski definition) is 2. The number of carbonyl (C=O) groups is 1. The Morgan fingerprint density at radius 3 is 2.77 bits per heavy atom. The molecule has 2 N–H and O–H groups in total. The lowest BCUT2D eigenvalue weighted by Crippen LogP contribution is -2.13. The van der Waals surface area contributed by atoms with Gasteiger partial charge in [0.1, 0.15) is 11.5 Å². The van der Waals surface area contributed by atoms with Crippen LogP contribution in [0.3, 0.4) is 0 Å². The summed E-state index contributed by atoms with van der Waals surface area (Å²) in [6.45, 7) is 3.89. The molecule has 0 aromatic carbocycles. The quantitative estimate of drug-likeness (QED) is 0.774. The van der Waals surface area contributed by atoms with E-state index in [1.165, 1.54) is 0 Å². The summed E-state index contributed by atoms with van der Waals surface area (Å²) in [7, 11) is 1.88. The van der Waals surface area contributed by atoms with Crippen LogP contribution in [0.25, 0.3) is 11.3 Å². The molecular formula is C15H16N6O. The van der Waals surface area contributed by atoms with Crippen molar-refractivity contribution in [3.8, 4) is 11.3 Å². The molecule has 3 rings (SSSR count). The summed E-state index contributed by atoms with van der Waals surface area (Å²) < 4.78 is 1.80. The molecule has 0 atom stereocenters. The van der Waals surface area contributed by atoms with E-state index in [2.05, 4.69) is 25.6 Å². The van der Waals surface area contributed by atoms with E-state index >= 15 is 0 Å². The van der Waals surface area contributed by atoms with Crippen molar-refractivity contribution in [3.05, 3.63) is 47.5 Å². The van der Waals surface area contributed by atoms with E-state index in [1.807, 2.05) is 27.0 Å². The third-order valence-electron chi connectivity index (χ3n) is 3.49. The van der Waals surface area contributed by atoms with Gasteiger partial charge in [-0.2, -0.15) is 10.2 Å². The fourth-order valence-corrected chi connectivity index (χ4v) is 2.33. The number of nitrogens with one attached hydrogen (secondary N) is 2. The van der Waals surface area contributed by atoms with Gasteiger partial charge in [0.2, 0.25) is 0 Å². The van der Waals surface area contributed by atoms with E-state index in [4.69, 9.17) is 0 Å². The minimum absolute atomic E-state index is 0.281. The van der Waals surface area contributed by atoms with Gasteiger partial charge in [0.15, 0.2) is 0 Å². The second-order valence-electron chi connectivity index (χ2n) is 5.01. The lowest BCUT2D eigenvalue weighted by atomic mass is 10.1. The lowest BCUT2D eigenvalue weighted by Gasteiger charge is -2.00. The Bertz CT molecular complexity index is 818. The Labute approximate surface area is 127 Å². The van der Waals surface area contributed by atoms with Gasteiger partial charge in [-0.3, -0.25) is 14.6 Å². The lowest BCUT2D eigenvalue weighted by molar-refractivity contribution is 0.102. The van der Waals surface area contributed by atoms with E-state index < -0.39 is 0 Å². The smallest absolute Gasteiger partial charge is 0.274 e. The molecule has 0 aliphatic rings. The van der Waals surface area contributed by atoms with Gasteiger partial charge in [-0.05, 0) is 32.0 Å². The highest BCUT2D eigenvalue weighted by Gasteiger charge is 2.17. The number of aromatic nitrogens is 5. The van der Waals surface area contributed by atoms with Crippen molar-refractivity contribution >= 4 is 11.7 Å². The van der Waals surface area contributed by atoms with Gasteiger partial charge in [-0.15, -0.1) is 0 Å². The van der Waals surface area contributed by atoms with Crippen LogP contribution in [0.4, 0.5) is 5.82 Å². The number of aryl methyl sites for hydroxylation is 2. The monoisotopic (exact) mass is 296 g/mol. The molecule has 1 amide bonds. The van der Waals surface area contributed by atoms with Crippen LogP contribution in [0, 0.1) is 13.8 Å². The summed E-state index contributed by atoms with van der Waals surface area (Å²) in [6, 6.07) is 7.04. The van der Waals surface area contributed by atoms with Crippen LogP contribution >= 0.6 is 0 Å². The highest BCUT2D eigenvalue weighted by Crippen LogP contribution is 2.25. The highest BCUT2D eigenvalue weighted by atomic mass is 16.2. The predicted molar refractivity (Wildman–Crippen MR) is 82.5 cm³/mol. The molecular weight excluding hydrogens is 280 g/mol. The molecule has 0 aliphatic carbocycles. The first-order valence-electron chi connectivity index (χ1n) is 6.84. The second kappa shape index (κ2) is 5.44. The Kier molecular flexibility index (Phi) is 3.46. The largest absolute Gasteiger partial charge is 0.305 e. The van der Waals surface area contributed by atoms with Crippen molar-refractivity contribution in [1.29, 1.82) is 0 Å². The number of aromatic amines is 1. The van der Waals surface area contributed by atoms with Crippen molar-refractivity contribution in [1.82, 2.24) is 25.0 Å². The van der Waals surface area contributed by atoms with Crippen LogP contribution in [0.1, 0.15) is 21.9 Å². The SMILES string of the molecule is Cc1nn(C)c(C)c1-c1cc(C(=O)Nc2ccccn2)[nH]n1. The van der Waals surface area contributed by atoms with E-state index in [-0.39, 0.29) is 5.91 Å². The Morgan fingerprint density at radius 1 is 1.32 bits per heavy atom. The van der Waals surface area contributed by atoms with Gasteiger partial charge in [-0.1, -0.05) is 6.07 Å². The number of pyridine rings is 1. The van der Waals surface area contributed by atoms with E-state index in [1.54, 1.807) is 29.1 Å². The van der Waals surface area contributed by atoms with Gasteiger partial charge in [0, 0.05) is 24.5 Å². The minimum Gasteiger partial charge on any atom is -0.305 e. The maximum Gasteiger partial charge on any atom is 0.274 e. The summed E-state index contributed by atoms with van der Waals surface area (Å²) in [5, 5.41) is 14.1. The molecule has 112 valence electrons. The van der Waals surface area contributed by atoms with Crippen LogP contribution in [0.15, 0.2) is 30.5 Å². The summed E-state index contributed by atoms with van der Waals surface area (Å²) >= 11 is 0. The molecule has 3 heterocycles. The fourth-order valence-electron chi connectivity index (χ4n) is 2.33. The van der Waals surface area contributed by atoms with Crippen molar-refractivity contribution in [2.24, 2.45) is 7.05 Å². The molecule has 0 bridgehead atoms. The van der Waals surface area contributed by atoms with Crippen molar-refractivity contribution in [2.45, 2.75) is 13.8 Å². The zero-order valence-electron chi connectivity index (χ0n) is 12.6. The predicted octanol–water partition coefficient (Wildman–Crippen LogP) is 2.07. The molecule has 0 unspecified atom stereocenters. The van der Waals surface area contributed by atoms with Crippen molar-refractivity contribution in [2.75, 3.05) is 5.32 Å². The molecule has 3 aromatic rings. The molecule has 0 radical (unpaired) electrons. The number of hydrogen-bond acceptors (Lipinski definition) is 4. The average Bonchev–Trinajstić information content (AvgIpc) is 3.06. The highest BCUT2D eigenvalue weighted by molar-refractivity contribution is 6.02. The molecule has 7 heteroatoms. The molecule has 0 aliphatic heterocycles. The molecule has 0 saturated heterocycles. The minimum atomic E-state index is -0.281. The first-order chi connectivity index (χ1) is 10.6. The van der Waals surface area contributed by atoms with Gasteiger partial charge >= 0.3 is 0 Å². The molecule has 0 fully saturated rings. The van der Waals surface area contributed by atoms with Gasteiger partial charge in [0.05, 0.1) is 11.4 Å². The van der Waals surface area contributed by atoms with Crippen molar-refractivity contribution in [3.63, 3.8) is 0 Å². The van der Waals surface area contributed by atoms with Crippen molar-refractivity contribution < 1.29 is 4.79 Å². The van der Waals surface area contributed by atoms with Gasteiger partial charge < -0.3 is 5.32 Å². The normalized spacial score (nSPS) is 10.7. The zero-order valence-corrected chi connectivity index (χ0v) is 12.6. The summed E-state index contributed by atoms with van der Waals surface area (Å²) in [5.74, 6) is 0.217. The number of amides is 1. The number of nitrogens with zero attached hydrogens (tertiary/aromatic N) is 4. The first kappa shape index (κ1) is 14.0. The molecule has 0 spiro atoms. The fraction of sp³-hybridized carbons (Fsp3) is 0.200. The second-order valence-corrected chi connectivity index (χ2v) is 5.01. The standard InChI is InChI=1S/C15H16N6O/c1-9-14(10(2)21(3)20-9)11-8-12(19-18-11)15(22)17-13-6-4-5-7-16-13/h4-8H,1-3H3,(H,18,19)(H,16,17,22). The van der Waals surface area contributed by atoms with E-state index in [0.29, 0.717) is 17.2 Å². The molecule has 22 heavy (non-hydrogen) atoms. The Balaban J connectivity index is 1.86. The first-order valence-corrected chi connectivity index (χ1v) is 6.84. The van der Waals surface area contributed by atoms with Crippen LogP contribution in [0.5, 0.6) is 0 Å². The van der Waals surface area contributed by atoms with Gasteiger partial charge in [-0.25, -0.2) is 4.98 Å². The van der Waals surface area contributed by atoms with Gasteiger partial charge in [0.25, 0.3) is 5.91 Å². The maximum absolute atomic E-state index is 12.2. The topological polar surface area (TPSA) is 88.5 Å². The van der Waals surface area contributed by atoms with Crippen LogP contribution < -0.4 is 5.32 Å². The third-order valence-corrected chi connectivity index (χ3v) is 3.49. The van der Waals surface area contributed by atoms with E-state index in [9.17, 15) is 4.79 Å². The summed E-state index contributed by atoms with van der Waals surface area (Å²) in [5.41, 5.74) is 3.90. The Hall–Kier alpha value is -2.96. The Morgan fingerprint density at radius 2 is 2.14 bits per heavy atom. The third kappa shape index (κ3) is 2.48.